The van der Waals surface area contributed by atoms with Crippen molar-refractivity contribution >= 4 is 31.5 Å². The molecular weight excluding hydrogens is 463 g/mol. The van der Waals surface area contributed by atoms with Crippen LogP contribution < -0.4 is 4.72 Å². The van der Waals surface area contributed by atoms with E-state index in [1.807, 2.05) is 0 Å². The van der Waals surface area contributed by atoms with Crippen molar-refractivity contribution in [3.63, 3.8) is 0 Å². The van der Waals surface area contributed by atoms with Gasteiger partial charge in [-0.2, -0.15) is 0 Å². The quantitative estimate of drug-likeness (QED) is 0.493. The molecule has 0 unspecified atom stereocenters. The summed E-state index contributed by atoms with van der Waals surface area (Å²) in [7, 11) is -7.89. The Balaban J connectivity index is 1.89. The van der Waals surface area contributed by atoms with Gasteiger partial charge < -0.3 is 0 Å². The molecule has 0 spiro atoms. The van der Waals surface area contributed by atoms with Gasteiger partial charge in [0.05, 0.1) is 10.6 Å². The minimum absolute atomic E-state index is 0.0999. The van der Waals surface area contributed by atoms with Crippen molar-refractivity contribution < 1.29 is 21.2 Å². The van der Waals surface area contributed by atoms with Crippen LogP contribution in [-0.2, 0) is 25.6 Å². The van der Waals surface area contributed by atoms with Crippen LogP contribution in [0.2, 0.25) is 5.02 Å². The van der Waals surface area contributed by atoms with Gasteiger partial charge in [0.15, 0.2) is 9.84 Å². The van der Waals surface area contributed by atoms with Gasteiger partial charge in [-0.05, 0) is 60.0 Å². The number of rotatable bonds is 8. The number of hydrogen-bond acceptors (Lipinski definition) is 5. The van der Waals surface area contributed by atoms with Gasteiger partial charge in [0.2, 0.25) is 10.0 Å². The second kappa shape index (κ2) is 9.44. The van der Waals surface area contributed by atoms with E-state index in [-0.39, 0.29) is 16.2 Å². The lowest BCUT2D eigenvalue weighted by Crippen LogP contribution is -2.32. The maximum absolute atomic E-state index is 13.6. The van der Waals surface area contributed by atoms with Crippen LogP contribution in [0.4, 0.5) is 4.39 Å². The maximum atomic E-state index is 13.6. The number of nitrogens with zero attached hydrogens (tertiary/aromatic N) is 1. The average Bonchev–Trinajstić information content (AvgIpc) is 2.72. The van der Waals surface area contributed by atoms with E-state index in [4.69, 9.17) is 11.6 Å². The molecule has 6 nitrogen and oxygen atoms in total. The molecule has 0 fully saturated rings. The molecule has 0 aliphatic heterocycles. The van der Waals surface area contributed by atoms with Crippen LogP contribution >= 0.6 is 11.6 Å². The summed E-state index contributed by atoms with van der Waals surface area (Å²) < 4.78 is 67.8. The molecule has 0 amide bonds. The van der Waals surface area contributed by atoms with E-state index in [1.165, 1.54) is 31.5 Å². The molecule has 1 N–H and O–H groups in total. The third kappa shape index (κ3) is 5.88. The second-order valence-corrected chi connectivity index (χ2v) is 11.3. The number of halogens is 2. The van der Waals surface area contributed by atoms with Crippen LogP contribution in [-0.4, -0.2) is 28.4 Å². The van der Waals surface area contributed by atoms with Gasteiger partial charge in [-0.3, -0.25) is 4.98 Å². The lowest BCUT2D eigenvalue weighted by atomic mass is 10.2. The third-order valence-electron chi connectivity index (χ3n) is 4.65. The summed E-state index contributed by atoms with van der Waals surface area (Å²) >= 11 is 5.82. The lowest BCUT2D eigenvalue weighted by Gasteiger charge is -2.19. The zero-order valence-electron chi connectivity index (χ0n) is 16.5. The highest BCUT2D eigenvalue weighted by Crippen LogP contribution is 2.29. The Hall–Kier alpha value is -2.33. The van der Waals surface area contributed by atoms with Gasteiger partial charge in [0.1, 0.15) is 11.1 Å². The molecule has 0 bridgehead atoms. The smallest absolute Gasteiger partial charge is 0.215 e. The second-order valence-electron chi connectivity index (χ2n) is 6.97. The van der Waals surface area contributed by atoms with Crippen molar-refractivity contribution in [3.05, 3.63) is 94.5 Å². The zero-order chi connectivity index (χ0) is 22.6. The Kier molecular flexibility index (Phi) is 7.10. The van der Waals surface area contributed by atoms with Crippen LogP contribution in [0.1, 0.15) is 21.9 Å². The number of pyridine rings is 1. The van der Waals surface area contributed by atoms with Crippen LogP contribution in [0.3, 0.4) is 0 Å². The van der Waals surface area contributed by atoms with Crippen LogP contribution in [0.5, 0.6) is 0 Å². The van der Waals surface area contributed by atoms with E-state index in [9.17, 15) is 21.2 Å². The Morgan fingerprint density at radius 1 is 1.06 bits per heavy atom. The first kappa shape index (κ1) is 23.3. The number of nitrogens with one attached hydrogen (secondary N) is 1. The standard InChI is InChI=1S/C21H20ClFN2O4S2/c1-15-11-19(8-9-20(15)23)31(28,29)21(17-3-2-10-24-12-17)13-25-30(26,27)14-16-4-6-18(22)7-5-16/h2-12,21,25H,13-14H2,1H3/t21-/m0/s1. The SMILES string of the molecule is Cc1cc(S(=O)(=O)[C@@H](CNS(=O)(=O)Cc2ccc(Cl)cc2)c2cccnc2)ccc1F. The molecule has 1 heterocycles. The predicted molar refractivity (Wildman–Crippen MR) is 117 cm³/mol. The first-order chi connectivity index (χ1) is 14.6. The van der Waals surface area contributed by atoms with E-state index in [2.05, 4.69) is 9.71 Å². The minimum atomic E-state index is -4.05. The molecule has 1 aromatic heterocycles. The third-order valence-corrected chi connectivity index (χ3v) is 8.32. The molecule has 2 aromatic carbocycles. The number of sulfonamides is 1. The van der Waals surface area contributed by atoms with E-state index in [0.29, 0.717) is 16.1 Å². The van der Waals surface area contributed by atoms with Gasteiger partial charge >= 0.3 is 0 Å². The van der Waals surface area contributed by atoms with Crippen molar-refractivity contribution in [1.29, 1.82) is 0 Å². The summed E-state index contributed by atoms with van der Waals surface area (Å²) in [5, 5.41) is -0.766. The van der Waals surface area contributed by atoms with E-state index in [0.717, 1.165) is 6.07 Å². The molecule has 0 saturated heterocycles. The Morgan fingerprint density at radius 3 is 2.39 bits per heavy atom. The number of aromatic nitrogens is 1. The van der Waals surface area contributed by atoms with Gasteiger partial charge in [0, 0.05) is 24.0 Å². The topological polar surface area (TPSA) is 93.2 Å². The summed E-state index contributed by atoms with van der Waals surface area (Å²) in [6, 6.07) is 12.9. The number of sulfone groups is 1. The summed E-state index contributed by atoms with van der Waals surface area (Å²) in [5.41, 5.74) is 1.000. The normalized spacial score (nSPS) is 13.1. The largest absolute Gasteiger partial charge is 0.264 e. The van der Waals surface area contributed by atoms with Crippen molar-refractivity contribution in [1.82, 2.24) is 9.71 Å². The first-order valence-corrected chi connectivity index (χ1v) is 12.8. The lowest BCUT2D eigenvalue weighted by molar-refractivity contribution is 0.567. The summed E-state index contributed by atoms with van der Waals surface area (Å²) in [4.78, 5) is 3.85. The van der Waals surface area contributed by atoms with E-state index in [1.54, 1.807) is 36.4 Å². The molecular formula is C21H20ClFN2O4S2. The number of aryl methyl sites for hydroxylation is 1. The van der Waals surface area contributed by atoms with Gasteiger partial charge in [-0.25, -0.2) is 25.9 Å². The number of benzene rings is 2. The molecule has 0 aliphatic rings. The Bertz CT molecular complexity index is 1270. The fraction of sp³-hybridized carbons (Fsp3) is 0.190. The highest BCUT2D eigenvalue weighted by atomic mass is 35.5. The minimum Gasteiger partial charge on any atom is -0.264 e. The van der Waals surface area contributed by atoms with E-state index < -0.39 is 37.5 Å². The first-order valence-electron chi connectivity index (χ1n) is 9.20. The average molecular weight is 483 g/mol. The molecule has 3 aromatic rings. The van der Waals surface area contributed by atoms with E-state index >= 15 is 0 Å². The fourth-order valence-electron chi connectivity index (χ4n) is 2.99. The summed E-state index contributed by atoms with van der Waals surface area (Å²) in [6.45, 7) is 1.06. The monoisotopic (exact) mass is 482 g/mol. The Morgan fingerprint density at radius 2 is 1.77 bits per heavy atom. The molecule has 0 radical (unpaired) electrons. The van der Waals surface area contributed by atoms with Gasteiger partial charge in [-0.15, -0.1) is 0 Å². The molecule has 10 heteroatoms. The number of hydrogen-bond donors (Lipinski definition) is 1. The van der Waals surface area contributed by atoms with Crippen molar-refractivity contribution in [2.45, 2.75) is 22.8 Å². The zero-order valence-corrected chi connectivity index (χ0v) is 18.9. The van der Waals surface area contributed by atoms with Crippen LogP contribution in [0.15, 0.2) is 71.9 Å². The molecule has 164 valence electrons. The predicted octanol–water partition coefficient (Wildman–Crippen LogP) is 3.82. The van der Waals surface area contributed by atoms with Crippen molar-refractivity contribution in [3.8, 4) is 0 Å². The highest BCUT2D eigenvalue weighted by molar-refractivity contribution is 7.92. The molecule has 3 rings (SSSR count). The van der Waals surface area contributed by atoms with Crippen LogP contribution in [0.25, 0.3) is 0 Å². The van der Waals surface area contributed by atoms with Crippen molar-refractivity contribution in [2.24, 2.45) is 0 Å². The van der Waals surface area contributed by atoms with Crippen LogP contribution in [0, 0.1) is 12.7 Å². The molecule has 0 aliphatic carbocycles. The maximum Gasteiger partial charge on any atom is 0.215 e. The molecule has 31 heavy (non-hydrogen) atoms. The fourth-order valence-corrected chi connectivity index (χ4v) is 6.10. The molecule has 1 atom stereocenters. The summed E-state index contributed by atoms with van der Waals surface area (Å²) in [6.07, 6.45) is 2.85. The van der Waals surface area contributed by atoms with Crippen molar-refractivity contribution in [2.75, 3.05) is 6.54 Å². The highest BCUT2D eigenvalue weighted by Gasteiger charge is 2.31. The Labute approximate surface area is 186 Å². The summed E-state index contributed by atoms with van der Waals surface area (Å²) in [5.74, 6) is -0.861. The molecule has 0 saturated carbocycles. The van der Waals surface area contributed by atoms with Gasteiger partial charge in [-0.1, -0.05) is 29.8 Å². The van der Waals surface area contributed by atoms with Gasteiger partial charge in [0.25, 0.3) is 0 Å².